The van der Waals surface area contributed by atoms with Crippen molar-refractivity contribution >= 4 is 11.8 Å². The van der Waals surface area contributed by atoms with Gasteiger partial charge in [0.05, 0.1) is 5.92 Å². The van der Waals surface area contributed by atoms with Crippen molar-refractivity contribution in [2.75, 3.05) is 19.6 Å². The third kappa shape index (κ3) is 3.51. The first-order valence-corrected chi connectivity index (χ1v) is 9.42. The van der Waals surface area contributed by atoms with Crippen LogP contribution in [-0.2, 0) is 9.59 Å². The number of carbonyl (C=O) groups excluding carboxylic acids is 2. The number of nitrogens with zero attached hydrogens (tertiary/aromatic N) is 2. The van der Waals surface area contributed by atoms with Gasteiger partial charge in [-0.25, -0.2) is 0 Å². The molecule has 2 saturated heterocycles. The molecule has 1 aliphatic carbocycles. The van der Waals surface area contributed by atoms with E-state index in [9.17, 15) is 9.59 Å². The van der Waals surface area contributed by atoms with Crippen molar-refractivity contribution in [1.29, 1.82) is 0 Å². The number of amides is 2. The molecular weight excluding hydrogens is 316 g/mol. The highest BCUT2D eigenvalue weighted by molar-refractivity contribution is 5.89. The van der Waals surface area contributed by atoms with Gasteiger partial charge in [0.2, 0.25) is 11.8 Å². The monoisotopic (exact) mass is 342 g/mol. The van der Waals surface area contributed by atoms with Gasteiger partial charge in [-0.3, -0.25) is 9.59 Å². The first-order chi connectivity index (χ1) is 12.1. The van der Waals surface area contributed by atoms with Gasteiger partial charge in [-0.1, -0.05) is 18.2 Å². The standard InChI is InChI=1S/C20H26N2O3/c1-14-4-2-3-5-18(14)25-17-8-10-21(11-9-17)20(24)15-12-19(23)22(13-15)16-6-7-16/h2-5,15-17H,6-13H2,1H3. The summed E-state index contributed by atoms with van der Waals surface area (Å²) in [5.74, 6) is 1.13. The molecule has 5 heteroatoms. The summed E-state index contributed by atoms with van der Waals surface area (Å²) in [7, 11) is 0. The minimum Gasteiger partial charge on any atom is -0.490 e. The number of piperidine rings is 1. The average molecular weight is 342 g/mol. The molecular formula is C20H26N2O3. The number of benzene rings is 1. The second-order valence-corrected chi connectivity index (χ2v) is 7.59. The topological polar surface area (TPSA) is 49.9 Å². The van der Waals surface area contributed by atoms with Gasteiger partial charge in [-0.15, -0.1) is 0 Å². The van der Waals surface area contributed by atoms with Crippen molar-refractivity contribution < 1.29 is 14.3 Å². The molecule has 5 nitrogen and oxygen atoms in total. The summed E-state index contributed by atoms with van der Waals surface area (Å²) in [6.07, 6.45) is 4.48. The van der Waals surface area contributed by atoms with E-state index in [-0.39, 0.29) is 23.8 Å². The largest absolute Gasteiger partial charge is 0.490 e. The molecule has 1 saturated carbocycles. The van der Waals surface area contributed by atoms with Gasteiger partial charge < -0.3 is 14.5 Å². The number of para-hydroxylation sites is 1. The molecule has 1 unspecified atom stereocenters. The Morgan fingerprint density at radius 1 is 1.12 bits per heavy atom. The van der Waals surface area contributed by atoms with Gasteiger partial charge in [0.25, 0.3) is 0 Å². The summed E-state index contributed by atoms with van der Waals surface area (Å²) in [6.45, 7) is 4.13. The van der Waals surface area contributed by atoms with Crippen LogP contribution in [0.25, 0.3) is 0 Å². The molecule has 3 fully saturated rings. The third-order valence-electron chi connectivity index (χ3n) is 5.64. The number of hydrogen-bond donors (Lipinski definition) is 0. The molecule has 0 N–H and O–H groups in total. The van der Waals surface area contributed by atoms with Crippen molar-refractivity contribution in [3.05, 3.63) is 29.8 Å². The van der Waals surface area contributed by atoms with Gasteiger partial charge in [0.15, 0.2) is 0 Å². The quantitative estimate of drug-likeness (QED) is 0.844. The number of likely N-dealkylation sites (tertiary alicyclic amines) is 2. The number of ether oxygens (including phenoxy) is 1. The van der Waals surface area contributed by atoms with E-state index in [1.807, 2.05) is 28.0 Å². The lowest BCUT2D eigenvalue weighted by Gasteiger charge is -2.33. The van der Waals surface area contributed by atoms with Crippen LogP contribution >= 0.6 is 0 Å². The van der Waals surface area contributed by atoms with Crippen molar-refractivity contribution in [2.45, 2.75) is 51.2 Å². The first-order valence-electron chi connectivity index (χ1n) is 9.42. The minimum atomic E-state index is -0.137. The van der Waals surface area contributed by atoms with Crippen LogP contribution < -0.4 is 4.74 Å². The van der Waals surface area contributed by atoms with Gasteiger partial charge >= 0.3 is 0 Å². The SMILES string of the molecule is Cc1ccccc1OC1CCN(C(=O)C2CC(=O)N(C3CC3)C2)CC1. The van der Waals surface area contributed by atoms with Crippen LogP contribution in [0.1, 0.15) is 37.7 Å². The second kappa shape index (κ2) is 6.70. The normalized spacial score (nSPS) is 24.7. The van der Waals surface area contributed by atoms with E-state index < -0.39 is 0 Å². The average Bonchev–Trinajstić information content (AvgIpc) is 3.39. The van der Waals surface area contributed by atoms with Gasteiger partial charge in [-0.05, 0) is 31.4 Å². The molecule has 2 heterocycles. The lowest BCUT2D eigenvalue weighted by molar-refractivity contribution is -0.137. The van der Waals surface area contributed by atoms with Crippen LogP contribution in [0.3, 0.4) is 0 Å². The molecule has 0 spiro atoms. The maximum Gasteiger partial charge on any atom is 0.227 e. The highest BCUT2D eigenvalue weighted by Crippen LogP contribution is 2.33. The molecule has 0 radical (unpaired) electrons. The Kier molecular flexibility index (Phi) is 4.40. The lowest BCUT2D eigenvalue weighted by atomic mass is 10.0. The summed E-state index contributed by atoms with van der Waals surface area (Å²) >= 11 is 0. The molecule has 0 aromatic heterocycles. The van der Waals surface area contributed by atoms with Crippen molar-refractivity contribution in [2.24, 2.45) is 5.92 Å². The van der Waals surface area contributed by atoms with E-state index in [0.717, 1.165) is 50.1 Å². The molecule has 0 bridgehead atoms. The second-order valence-electron chi connectivity index (χ2n) is 7.59. The van der Waals surface area contributed by atoms with Crippen LogP contribution in [0.5, 0.6) is 5.75 Å². The third-order valence-corrected chi connectivity index (χ3v) is 5.64. The zero-order valence-electron chi connectivity index (χ0n) is 14.8. The van der Waals surface area contributed by atoms with Crippen molar-refractivity contribution in [3.63, 3.8) is 0 Å². The fourth-order valence-corrected chi connectivity index (χ4v) is 3.96. The highest BCUT2D eigenvalue weighted by Gasteiger charge is 2.43. The molecule has 1 aromatic carbocycles. The zero-order valence-corrected chi connectivity index (χ0v) is 14.8. The maximum absolute atomic E-state index is 12.8. The van der Waals surface area contributed by atoms with E-state index in [0.29, 0.717) is 19.0 Å². The molecule has 25 heavy (non-hydrogen) atoms. The number of hydrogen-bond acceptors (Lipinski definition) is 3. The van der Waals surface area contributed by atoms with E-state index >= 15 is 0 Å². The highest BCUT2D eigenvalue weighted by atomic mass is 16.5. The van der Waals surface area contributed by atoms with Crippen LogP contribution in [-0.4, -0.2) is 53.4 Å². The summed E-state index contributed by atoms with van der Waals surface area (Å²) in [5, 5.41) is 0. The summed E-state index contributed by atoms with van der Waals surface area (Å²) in [5.41, 5.74) is 1.14. The molecule has 1 aromatic rings. The lowest BCUT2D eigenvalue weighted by Crippen LogP contribution is -2.45. The zero-order chi connectivity index (χ0) is 17.4. The Bertz CT molecular complexity index is 663. The van der Waals surface area contributed by atoms with Gasteiger partial charge in [0.1, 0.15) is 11.9 Å². The first kappa shape index (κ1) is 16.4. The maximum atomic E-state index is 12.8. The number of aryl methyl sites for hydroxylation is 1. The van der Waals surface area contributed by atoms with E-state index in [1.54, 1.807) is 0 Å². The van der Waals surface area contributed by atoms with Crippen LogP contribution in [0.2, 0.25) is 0 Å². The van der Waals surface area contributed by atoms with E-state index in [4.69, 9.17) is 4.74 Å². The Balaban J connectivity index is 1.29. The van der Waals surface area contributed by atoms with E-state index in [1.165, 1.54) is 0 Å². The summed E-state index contributed by atoms with van der Waals surface area (Å²) < 4.78 is 6.11. The van der Waals surface area contributed by atoms with Gasteiger partial charge in [-0.2, -0.15) is 0 Å². The van der Waals surface area contributed by atoms with Crippen LogP contribution in [0.15, 0.2) is 24.3 Å². The molecule has 3 aliphatic rings. The number of carbonyl (C=O) groups is 2. The fourth-order valence-electron chi connectivity index (χ4n) is 3.96. The Labute approximate surface area is 148 Å². The van der Waals surface area contributed by atoms with Crippen molar-refractivity contribution in [3.8, 4) is 5.75 Å². The van der Waals surface area contributed by atoms with Crippen LogP contribution in [0, 0.1) is 12.8 Å². The molecule has 4 rings (SSSR count). The smallest absolute Gasteiger partial charge is 0.227 e. The number of rotatable bonds is 4. The fraction of sp³-hybridized carbons (Fsp3) is 0.600. The molecule has 2 aliphatic heterocycles. The molecule has 1 atom stereocenters. The minimum absolute atomic E-state index is 0.137. The summed E-state index contributed by atoms with van der Waals surface area (Å²) in [4.78, 5) is 28.7. The Morgan fingerprint density at radius 3 is 2.52 bits per heavy atom. The predicted molar refractivity (Wildman–Crippen MR) is 94.3 cm³/mol. The Morgan fingerprint density at radius 2 is 1.84 bits per heavy atom. The molecule has 2 amide bonds. The Hall–Kier alpha value is -2.04. The van der Waals surface area contributed by atoms with Crippen LogP contribution in [0.4, 0.5) is 0 Å². The van der Waals surface area contributed by atoms with Gasteiger partial charge in [0, 0.05) is 44.9 Å². The van der Waals surface area contributed by atoms with Crippen molar-refractivity contribution in [1.82, 2.24) is 9.80 Å². The molecule has 134 valence electrons. The van der Waals surface area contributed by atoms with E-state index in [2.05, 4.69) is 13.0 Å². The summed E-state index contributed by atoms with van der Waals surface area (Å²) in [6, 6.07) is 8.47. The predicted octanol–water partition coefficient (Wildman–Crippen LogP) is 2.38.